The van der Waals surface area contributed by atoms with E-state index < -0.39 is 45.8 Å². The summed E-state index contributed by atoms with van der Waals surface area (Å²) in [4.78, 5) is 13.2. The Hall–Kier alpha value is -2.74. The Kier molecular flexibility index (Phi) is 10.8. The number of alkyl carbamates (subject to hydrolysis) is 1. The average molecular weight is 606 g/mol. The van der Waals surface area contributed by atoms with E-state index in [0.717, 1.165) is 12.0 Å². The number of benzene rings is 2. The molecule has 0 bridgehead atoms. The van der Waals surface area contributed by atoms with Gasteiger partial charge in [0, 0.05) is 0 Å². The molecule has 12 heteroatoms. The zero-order valence-corrected chi connectivity index (χ0v) is 25.2. The SMILES string of the molecule is COc1ccc(S(=O)(=O)NC(CC(C)(C)CCN)[C@H](O)[C@H](Cc2ccccc2)NC(=O)O[C@@H]2CO[C@@H]3OCC[C@@H]32)cc1. The molecular weight excluding hydrogens is 562 g/mol. The molecule has 2 fully saturated rings. The van der Waals surface area contributed by atoms with E-state index in [2.05, 4.69) is 10.0 Å². The van der Waals surface area contributed by atoms with Crippen LogP contribution in [-0.2, 0) is 30.7 Å². The van der Waals surface area contributed by atoms with Crippen molar-refractivity contribution in [3.63, 3.8) is 0 Å². The van der Waals surface area contributed by atoms with Gasteiger partial charge in [0.25, 0.3) is 0 Å². The number of hydrogen-bond acceptors (Lipinski definition) is 9. The third-order valence-corrected chi connectivity index (χ3v) is 9.45. The molecule has 1 amide bonds. The van der Waals surface area contributed by atoms with E-state index in [1.807, 2.05) is 44.2 Å². The first-order valence-electron chi connectivity index (χ1n) is 14.3. The lowest BCUT2D eigenvalue weighted by molar-refractivity contribution is -0.0907. The Morgan fingerprint density at radius 3 is 2.50 bits per heavy atom. The van der Waals surface area contributed by atoms with Gasteiger partial charge >= 0.3 is 6.09 Å². The Morgan fingerprint density at radius 1 is 1.12 bits per heavy atom. The first kappa shape index (κ1) is 32.2. The zero-order valence-electron chi connectivity index (χ0n) is 24.4. The van der Waals surface area contributed by atoms with Crippen molar-refractivity contribution >= 4 is 16.1 Å². The summed E-state index contributed by atoms with van der Waals surface area (Å²) >= 11 is 0. The predicted octanol–water partition coefficient (Wildman–Crippen LogP) is 2.57. The molecule has 6 atom stereocenters. The molecule has 11 nitrogen and oxygen atoms in total. The van der Waals surface area contributed by atoms with Crippen molar-refractivity contribution in [1.29, 1.82) is 0 Å². The number of ether oxygens (including phenoxy) is 4. The lowest BCUT2D eigenvalue weighted by Crippen LogP contribution is -2.56. The standard InChI is InChI=1S/C30H43N3O8S/c1-30(2,14-15-31)18-25(33-42(36,37)22-11-9-21(38-3)10-12-22)27(34)24(17-20-7-5-4-6-8-20)32-29(35)41-26-19-40-28-23(26)13-16-39-28/h4-12,23-28,33-34H,13-19,31H2,1-3H3,(H,32,35)/t23-,24+,25?,26-,27-,28+/m1/s1. The van der Waals surface area contributed by atoms with Gasteiger partial charge in [0.15, 0.2) is 6.29 Å². The van der Waals surface area contributed by atoms with Gasteiger partial charge in [-0.25, -0.2) is 17.9 Å². The fraction of sp³-hybridized carbons (Fsp3) is 0.567. The van der Waals surface area contributed by atoms with Gasteiger partial charge in [-0.3, -0.25) is 0 Å². The summed E-state index contributed by atoms with van der Waals surface area (Å²) in [6.07, 6.45) is -1.05. The van der Waals surface area contributed by atoms with Crippen LogP contribution in [-0.4, -0.2) is 77.1 Å². The van der Waals surface area contributed by atoms with E-state index in [-0.39, 0.29) is 36.6 Å². The van der Waals surface area contributed by atoms with Gasteiger partial charge < -0.3 is 35.1 Å². The highest BCUT2D eigenvalue weighted by Crippen LogP contribution is 2.33. The molecule has 0 spiro atoms. The molecule has 232 valence electrons. The van der Waals surface area contributed by atoms with Crippen molar-refractivity contribution in [3.8, 4) is 5.75 Å². The average Bonchev–Trinajstić information content (AvgIpc) is 3.57. The maximum absolute atomic E-state index is 13.5. The summed E-state index contributed by atoms with van der Waals surface area (Å²) in [5.41, 5.74) is 6.29. The largest absolute Gasteiger partial charge is 0.497 e. The van der Waals surface area contributed by atoms with Crippen molar-refractivity contribution in [3.05, 3.63) is 60.2 Å². The van der Waals surface area contributed by atoms with Crippen LogP contribution in [0.2, 0.25) is 0 Å². The molecule has 2 heterocycles. The van der Waals surface area contributed by atoms with E-state index in [9.17, 15) is 18.3 Å². The van der Waals surface area contributed by atoms with Crippen LogP contribution in [0.3, 0.4) is 0 Å². The summed E-state index contributed by atoms with van der Waals surface area (Å²) in [7, 11) is -2.55. The lowest BCUT2D eigenvalue weighted by Gasteiger charge is -2.36. The minimum atomic E-state index is -4.05. The molecule has 0 aromatic heterocycles. The molecule has 2 aromatic rings. The molecule has 2 aliphatic heterocycles. The molecule has 42 heavy (non-hydrogen) atoms. The van der Waals surface area contributed by atoms with Crippen LogP contribution < -0.4 is 20.5 Å². The number of nitrogens with one attached hydrogen (secondary N) is 2. The maximum atomic E-state index is 13.5. The molecule has 5 N–H and O–H groups in total. The number of methoxy groups -OCH3 is 1. The van der Waals surface area contributed by atoms with Crippen molar-refractivity contribution in [2.45, 2.75) is 75.0 Å². The van der Waals surface area contributed by atoms with Crippen LogP contribution in [0.1, 0.15) is 38.7 Å². The van der Waals surface area contributed by atoms with Gasteiger partial charge in [0.05, 0.1) is 49.3 Å². The van der Waals surface area contributed by atoms with Crippen LogP contribution in [0.5, 0.6) is 5.75 Å². The number of aliphatic hydroxyl groups is 1. The van der Waals surface area contributed by atoms with Gasteiger partial charge in [0.1, 0.15) is 11.9 Å². The topological polar surface area (TPSA) is 158 Å². The highest BCUT2D eigenvalue weighted by atomic mass is 32.2. The minimum absolute atomic E-state index is 0.0266. The summed E-state index contributed by atoms with van der Waals surface area (Å²) in [6.45, 7) is 5.10. The summed E-state index contributed by atoms with van der Waals surface area (Å²) < 4.78 is 51.7. The molecule has 0 saturated carbocycles. The molecule has 0 aliphatic carbocycles. The first-order chi connectivity index (χ1) is 20.0. The van der Waals surface area contributed by atoms with Gasteiger partial charge in [-0.05, 0) is 67.5 Å². The Labute approximate surface area is 248 Å². The molecule has 2 aliphatic rings. The fourth-order valence-electron chi connectivity index (χ4n) is 5.62. The number of sulfonamides is 1. The van der Waals surface area contributed by atoms with Crippen molar-refractivity contribution in [2.75, 3.05) is 26.9 Å². The van der Waals surface area contributed by atoms with Gasteiger partial charge in [0.2, 0.25) is 10.0 Å². The van der Waals surface area contributed by atoms with Crippen LogP contribution in [0.25, 0.3) is 0 Å². The normalized spacial score (nSPS) is 22.6. The van der Waals surface area contributed by atoms with Crippen LogP contribution >= 0.6 is 0 Å². The Balaban J connectivity index is 1.58. The van der Waals surface area contributed by atoms with Gasteiger partial charge in [-0.2, -0.15) is 0 Å². The van der Waals surface area contributed by atoms with E-state index in [0.29, 0.717) is 25.3 Å². The molecule has 2 aromatic carbocycles. The molecule has 4 rings (SSSR count). The number of rotatable bonds is 14. The zero-order chi connectivity index (χ0) is 30.3. The number of fused-ring (bicyclic) bond motifs is 1. The van der Waals surface area contributed by atoms with Crippen molar-refractivity contribution in [1.82, 2.24) is 10.0 Å². The number of aliphatic hydroxyl groups excluding tert-OH is 1. The van der Waals surface area contributed by atoms with E-state index in [1.54, 1.807) is 12.1 Å². The molecule has 1 unspecified atom stereocenters. The maximum Gasteiger partial charge on any atom is 0.407 e. The first-order valence-corrected chi connectivity index (χ1v) is 15.8. The van der Waals surface area contributed by atoms with E-state index >= 15 is 0 Å². The highest BCUT2D eigenvalue weighted by molar-refractivity contribution is 7.89. The summed E-state index contributed by atoms with van der Waals surface area (Å²) in [6, 6.07) is 13.5. The van der Waals surface area contributed by atoms with Gasteiger partial charge in [-0.1, -0.05) is 44.2 Å². The van der Waals surface area contributed by atoms with Crippen molar-refractivity contribution < 1.29 is 37.3 Å². The number of carbonyl (C=O) groups is 1. The van der Waals surface area contributed by atoms with Crippen LogP contribution in [0.15, 0.2) is 59.5 Å². The van der Waals surface area contributed by atoms with Gasteiger partial charge in [-0.15, -0.1) is 0 Å². The quantitative estimate of drug-likeness (QED) is 0.254. The number of hydrogen-bond donors (Lipinski definition) is 4. The number of carbonyl (C=O) groups excluding carboxylic acids is 1. The fourth-order valence-corrected chi connectivity index (χ4v) is 6.87. The number of amides is 1. The Morgan fingerprint density at radius 2 is 1.83 bits per heavy atom. The Bertz CT molecular complexity index is 1260. The van der Waals surface area contributed by atoms with Crippen LogP contribution in [0.4, 0.5) is 4.79 Å². The molecule has 0 radical (unpaired) electrons. The van der Waals surface area contributed by atoms with E-state index in [1.165, 1.54) is 19.2 Å². The molecule has 2 saturated heterocycles. The lowest BCUT2D eigenvalue weighted by atomic mass is 9.80. The second-order valence-corrected chi connectivity index (χ2v) is 13.4. The summed E-state index contributed by atoms with van der Waals surface area (Å²) in [5.74, 6) is 0.470. The van der Waals surface area contributed by atoms with Crippen molar-refractivity contribution in [2.24, 2.45) is 17.1 Å². The number of nitrogens with two attached hydrogens (primary N) is 1. The third kappa shape index (κ3) is 8.42. The second-order valence-electron chi connectivity index (χ2n) is 11.7. The monoisotopic (exact) mass is 605 g/mol. The third-order valence-electron chi connectivity index (χ3n) is 7.94. The predicted molar refractivity (Wildman–Crippen MR) is 156 cm³/mol. The summed E-state index contributed by atoms with van der Waals surface area (Å²) in [5, 5.41) is 14.6. The minimum Gasteiger partial charge on any atom is -0.497 e. The smallest absolute Gasteiger partial charge is 0.407 e. The van der Waals surface area contributed by atoms with E-state index in [4.69, 9.17) is 24.7 Å². The second kappa shape index (κ2) is 14.2. The highest BCUT2D eigenvalue weighted by Gasteiger charge is 2.44. The molecular formula is C30H43N3O8S. The van der Waals surface area contributed by atoms with Crippen LogP contribution in [0, 0.1) is 11.3 Å².